The Kier molecular flexibility index (Phi) is 10.3. The van der Waals surface area contributed by atoms with Crippen LogP contribution in [0.4, 0.5) is 0 Å². The number of hydrogen-bond acceptors (Lipinski definition) is 9. The van der Waals surface area contributed by atoms with Gasteiger partial charge in [0.2, 0.25) is 0 Å². The van der Waals surface area contributed by atoms with Gasteiger partial charge in [0.05, 0.1) is 11.1 Å². The Balaban J connectivity index is 2.26. The van der Waals surface area contributed by atoms with Crippen molar-refractivity contribution in [3.8, 4) is 0 Å². The van der Waals surface area contributed by atoms with E-state index in [1.54, 1.807) is 30.3 Å². The Labute approximate surface area is 208 Å². The normalized spacial score (nSPS) is 10.1. The average molecular weight is 494 g/mol. The Morgan fingerprint density at radius 3 is 1.61 bits per heavy atom. The summed E-state index contributed by atoms with van der Waals surface area (Å²) < 4.78 is 20.1. The summed E-state index contributed by atoms with van der Waals surface area (Å²) >= 11 is 0. The number of esters is 4. The largest absolute Gasteiger partial charge is 0.459 e. The summed E-state index contributed by atoms with van der Waals surface area (Å²) in [4.78, 5) is 61.9. The molecule has 36 heavy (non-hydrogen) atoms. The van der Waals surface area contributed by atoms with Gasteiger partial charge in [-0.25, -0.2) is 19.2 Å². The van der Waals surface area contributed by atoms with Crippen LogP contribution in [0.3, 0.4) is 0 Å². The minimum absolute atomic E-state index is 0.0757. The second-order valence-electron chi connectivity index (χ2n) is 7.53. The lowest BCUT2D eigenvalue weighted by atomic mass is 9.94. The molecule has 0 heterocycles. The van der Waals surface area contributed by atoms with Crippen LogP contribution < -0.4 is 0 Å². The maximum atomic E-state index is 13.1. The first kappa shape index (κ1) is 27.7. The van der Waals surface area contributed by atoms with Crippen LogP contribution >= 0.6 is 0 Å². The Bertz CT molecular complexity index is 1180. The zero-order valence-electron chi connectivity index (χ0n) is 20.0. The summed E-state index contributed by atoms with van der Waals surface area (Å²) in [6.45, 7) is 8.75. The van der Waals surface area contributed by atoms with Gasteiger partial charge in [-0.2, -0.15) is 0 Å². The predicted octanol–water partition coefficient (Wildman–Crippen LogP) is 3.47. The number of ketones is 1. The molecule has 0 bridgehead atoms. The van der Waals surface area contributed by atoms with E-state index in [4.69, 9.17) is 18.9 Å². The summed E-state index contributed by atoms with van der Waals surface area (Å²) in [5.74, 6) is -3.71. The van der Waals surface area contributed by atoms with Crippen LogP contribution in [-0.2, 0) is 28.5 Å². The van der Waals surface area contributed by atoms with Gasteiger partial charge in [-0.1, -0.05) is 55.6 Å². The molecule has 0 aliphatic heterocycles. The van der Waals surface area contributed by atoms with Gasteiger partial charge in [-0.15, -0.1) is 0 Å². The first-order valence-electron chi connectivity index (χ1n) is 10.9. The molecule has 0 aromatic heterocycles. The molecule has 2 rings (SSSR count). The molecule has 0 saturated heterocycles. The van der Waals surface area contributed by atoms with Crippen LogP contribution in [0.1, 0.15) is 50.5 Å². The van der Waals surface area contributed by atoms with Crippen molar-refractivity contribution in [2.75, 3.05) is 26.4 Å². The number of carbonyl (C=O) groups is 5. The standard InChI is InChI=1S/C27H26O9/c1-17(2)24(29)33-13-15-35-26(31)21-12-8-11-20(23(28)19-9-6-5-7-10-19)22(21)27(32)36-16-14-34-25(30)18(3)4/h5-12H,1,3,13-16H2,2,4H3. The second kappa shape index (κ2) is 13.4. The first-order chi connectivity index (χ1) is 17.1. The molecule has 0 aliphatic carbocycles. The van der Waals surface area contributed by atoms with Gasteiger partial charge in [0, 0.05) is 22.3 Å². The number of ether oxygens (including phenoxy) is 4. The van der Waals surface area contributed by atoms with Crippen LogP contribution in [0.2, 0.25) is 0 Å². The molecule has 0 atom stereocenters. The van der Waals surface area contributed by atoms with Gasteiger partial charge < -0.3 is 18.9 Å². The molecule has 188 valence electrons. The summed E-state index contributed by atoms with van der Waals surface area (Å²) in [7, 11) is 0. The van der Waals surface area contributed by atoms with Crippen molar-refractivity contribution < 1.29 is 42.9 Å². The Morgan fingerprint density at radius 1 is 0.611 bits per heavy atom. The fourth-order valence-electron chi connectivity index (χ4n) is 2.81. The van der Waals surface area contributed by atoms with E-state index >= 15 is 0 Å². The van der Waals surface area contributed by atoms with Crippen molar-refractivity contribution in [3.63, 3.8) is 0 Å². The quantitative estimate of drug-likeness (QED) is 0.143. The van der Waals surface area contributed by atoms with E-state index in [2.05, 4.69) is 13.2 Å². The van der Waals surface area contributed by atoms with Crippen molar-refractivity contribution in [2.24, 2.45) is 0 Å². The number of carbonyl (C=O) groups excluding carboxylic acids is 5. The molecule has 0 amide bonds. The molecule has 9 heteroatoms. The zero-order chi connectivity index (χ0) is 26.7. The molecular weight excluding hydrogens is 468 g/mol. The third-order valence-electron chi connectivity index (χ3n) is 4.57. The van der Waals surface area contributed by atoms with Crippen molar-refractivity contribution in [1.29, 1.82) is 0 Å². The van der Waals surface area contributed by atoms with Gasteiger partial charge in [0.1, 0.15) is 26.4 Å². The Morgan fingerprint density at radius 2 is 1.08 bits per heavy atom. The number of benzene rings is 2. The SMILES string of the molecule is C=C(C)C(=O)OCCOC(=O)c1cccc(C(=O)c2ccccc2)c1C(=O)OCCOC(=O)C(=C)C. The van der Waals surface area contributed by atoms with Gasteiger partial charge in [-0.05, 0) is 19.9 Å². The van der Waals surface area contributed by atoms with Crippen LogP contribution in [0.25, 0.3) is 0 Å². The highest BCUT2D eigenvalue weighted by molar-refractivity contribution is 6.17. The van der Waals surface area contributed by atoms with Crippen molar-refractivity contribution in [3.05, 3.63) is 95.1 Å². The second-order valence-corrected chi connectivity index (χ2v) is 7.53. The highest BCUT2D eigenvalue weighted by atomic mass is 16.6. The third kappa shape index (κ3) is 7.76. The molecule has 0 fully saturated rings. The van der Waals surface area contributed by atoms with E-state index in [0.29, 0.717) is 5.56 Å². The maximum absolute atomic E-state index is 13.1. The van der Waals surface area contributed by atoms with Crippen molar-refractivity contribution in [2.45, 2.75) is 13.8 Å². The van der Waals surface area contributed by atoms with E-state index in [1.165, 1.54) is 32.0 Å². The maximum Gasteiger partial charge on any atom is 0.339 e. The van der Waals surface area contributed by atoms with Crippen LogP contribution in [0, 0.1) is 0 Å². The molecule has 0 N–H and O–H groups in total. The topological polar surface area (TPSA) is 122 Å². The summed E-state index contributed by atoms with van der Waals surface area (Å²) in [5, 5.41) is 0. The fourth-order valence-corrected chi connectivity index (χ4v) is 2.81. The predicted molar refractivity (Wildman–Crippen MR) is 128 cm³/mol. The molecule has 0 saturated carbocycles. The van der Waals surface area contributed by atoms with Crippen molar-refractivity contribution >= 4 is 29.7 Å². The third-order valence-corrected chi connectivity index (χ3v) is 4.57. The molecule has 0 spiro atoms. The lowest BCUT2D eigenvalue weighted by molar-refractivity contribution is -0.140. The molecule has 0 radical (unpaired) electrons. The number of rotatable bonds is 12. The van der Waals surface area contributed by atoms with Gasteiger partial charge in [0.25, 0.3) is 0 Å². The first-order valence-corrected chi connectivity index (χ1v) is 10.9. The van der Waals surface area contributed by atoms with Gasteiger partial charge >= 0.3 is 23.9 Å². The fraction of sp³-hybridized carbons (Fsp3) is 0.222. The van der Waals surface area contributed by atoms with E-state index in [1.807, 2.05) is 0 Å². The van der Waals surface area contributed by atoms with E-state index in [-0.39, 0.29) is 54.3 Å². The van der Waals surface area contributed by atoms with E-state index in [0.717, 1.165) is 0 Å². The molecule has 2 aromatic rings. The smallest absolute Gasteiger partial charge is 0.339 e. The van der Waals surface area contributed by atoms with Crippen LogP contribution in [-0.4, -0.2) is 56.1 Å². The highest BCUT2D eigenvalue weighted by Gasteiger charge is 2.27. The minimum Gasteiger partial charge on any atom is -0.459 e. The molecular formula is C27H26O9. The van der Waals surface area contributed by atoms with Crippen molar-refractivity contribution in [1.82, 2.24) is 0 Å². The van der Waals surface area contributed by atoms with Crippen LogP contribution in [0.5, 0.6) is 0 Å². The van der Waals surface area contributed by atoms with E-state index < -0.39 is 29.7 Å². The van der Waals surface area contributed by atoms with Crippen LogP contribution in [0.15, 0.2) is 72.8 Å². The summed E-state index contributed by atoms with van der Waals surface area (Å²) in [6, 6.07) is 12.3. The molecule has 0 unspecified atom stereocenters. The van der Waals surface area contributed by atoms with Gasteiger partial charge in [-0.3, -0.25) is 4.79 Å². The summed E-state index contributed by atoms with van der Waals surface area (Å²) in [6.07, 6.45) is 0. The molecule has 0 aliphatic rings. The molecule has 9 nitrogen and oxygen atoms in total. The van der Waals surface area contributed by atoms with Gasteiger partial charge in [0.15, 0.2) is 5.78 Å². The lowest BCUT2D eigenvalue weighted by Gasteiger charge is -2.14. The Hall–Kier alpha value is -4.53. The zero-order valence-corrected chi connectivity index (χ0v) is 20.0. The summed E-state index contributed by atoms with van der Waals surface area (Å²) in [5.41, 5.74) is 0.0624. The number of hydrogen-bond donors (Lipinski definition) is 0. The minimum atomic E-state index is -0.984. The lowest BCUT2D eigenvalue weighted by Crippen LogP contribution is -2.22. The monoisotopic (exact) mass is 494 g/mol. The highest BCUT2D eigenvalue weighted by Crippen LogP contribution is 2.21. The van der Waals surface area contributed by atoms with E-state index in [9.17, 15) is 24.0 Å². The average Bonchev–Trinajstić information content (AvgIpc) is 2.87. The molecule has 2 aromatic carbocycles.